The molecule has 0 fully saturated rings. The molecule has 11 heavy (non-hydrogen) atoms. The summed E-state index contributed by atoms with van der Waals surface area (Å²) in [6.45, 7) is 0. The minimum atomic E-state index is -5.13. The summed E-state index contributed by atoms with van der Waals surface area (Å²) in [5, 5.41) is 0. The van der Waals surface area contributed by atoms with Crippen molar-refractivity contribution < 1.29 is 102 Å². The largest absolute Gasteiger partial charge is 0.486 e. The molecule has 0 spiro atoms. The molecule has 0 aliphatic heterocycles. The molecule has 0 rings (SSSR count). The van der Waals surface area contributed by atoms with E-state index in [1.165, 1.54) is 0 Å². The summed E-state index contributed by atoms with van der Waals surface area (Å²) < 4.78 is 39.0. The molecule has 0 aromatic rings. The maximum atomic E-state index is 9.58. The van der Waals surface area contributed by atoms with Crippen molar-refractivity contribution in [2.75, 3.05) is 0 Å². The van der Waals surface area contributed by atoms with Crippen LogP contribution < -0.4 is 0 Å². The van der Waals surface area contributed by atoms with E-state index in [9.17, 15) is 13.0 Å². The van der Waals surface area contributed by atoms with Gasteiger partial charge in [0.05, 0.1) is 0 Å². The molecule has 0 atom stereocenters. The van der Waals surface area contributed by atoms with E-state index in [-0.39, 0.29) is 71.2 Å². The van der Waals surface area contributed by atoms with Gasteiger partial charge in [-0.3, -0.25) is 4.55 Å². The summed E-state index contributed by atoms with van der Waals surface area (Å²) in [4.78, 5) is 15.4. The number of hydrogen-bond acceptors (Lipinski definition) is 4. The molecule has 7 nitrogen and oxygen atoms in total. The van der Waals surface area contributed by atoms with Crippen LogP contribution in [-0.2, 0) is 18.9 Å². The standard InChI is InChI=1S/2La.H3O7PS/c;;1-8(2,3)7-9(4,5)6/h;;(H2,1,2,3)(H,4,5,6). The Bertz CT molecular complexity index is 223. The molecule has 2 radical (unpaired) electrons. The first-order valence-corrected chi connectivity index (χ1v) is 4.34. The fraction of sp³-hybridized carbons (Fsp3) is 0. The zero-order valence-corrected chi connectivity index (χ0v) is 13.9. The maximum absolute atomic E-state index is 9.58. The van der Waals surface area contributed by atoms with Gasteiger partial charge in [0.25, 0.3) is 0 Å². The van der Waals surface area contributed by atoms with Gasteiger partial charge in [-0.05, 0) is 0 Å². The predicted molar refractivity (Wildman–Crippen MR) is 24.7 cm³/mol. The summed E-state index contributed by atoms with van der Waals surface area (Å²) in [6.07, 6.45) is 0. The van der Waals surface area contributed by atoms with Crippen LogP contribution >= 0.6 is 7.82 Å². The Labute approximate surface area is 119 Å². The van der Waals surface area contributed by atoms with Crippen LogP contribution in [0.5, 0.6) is 0 Å². The summed E-state index contributed by atoms with van der Waals surface area (Å²) in [5.41, 5.74) is 0. The monoisotopic (exact) mass is 456 g/mol. The van der Waals surface area contributed by atoms with Crippen LogP contribution in [0.2, 0.25) is 0 Å². The van der Waals surface area contributed by atoms with Gasteiger partial charge in [-0.1, -0.05) is 0 Å². The first kappa shape index (κ1) is 19.1. The van der Waals surface area contributed by atoms with Crippen molar-refractivity contribution in [3.05, 3.63) is 0 Å². The Morgan fingerprint density at radius 2 is 1.45 bits per heavy atom. The zero-order chi connectivity index (χ0) is 7.71. The summed E-state index contributed by atoms with van der Waals surface area (Å²) in [6, 6.07) is 0. The maximum Gasteiger partial charge on any atom is 0.486 e. The SMILES string of the molecule is O=P(O)(O)OS(=O)(=O)O.[La].[La]. The molecule has 0 aromatic heterocycles. The van der Waals surface area contributed by atoms with E-state index in [2.05, 4.69) is 3.97 Å². The van der Waals surface area contributed by atoms with Gasteiger partial charge in [-0.2, -0.15) is 8.42 Å². The smallest absolute Gasteiger partial charge is 0.302 e. The Kier molecular flexibility index (Phi) is 11.8. The average molecular weight is 456 g/mol. The first-order chi connectivity index (χ1) is 3.71. The number of hydrogen-bond donors (Lipinski definition) is 3. The molecule has 0 unspecified atom stereocenters. The first-order valence-electron chi connectivity index (χ1n) is 1.45. The fourth-order valence-electron chi connectivity index (χ4n) is 0.123. The minimum absolute atomic E-state index is 0. The molecule has 0 amide bonds. The molecule has 3 N–H and O–H groups in total. The second kappa shape index (κ2) is 6.80. The van der Waals surface area contributed by atoms with Gasteiger partial charge in [-0.25, -0.2) is 4.57 Å². The topological polar surface area (TPSA) is 121 Å². The van der Waals surface area contributed by atoms with Crippen molar-refractivity contribution >= 4 is 18.2 Å². The molecule has 62 valence electrons. The van der Waals surface area contributed by atoms with E-state index in [0.29, 0.717) is 0 Å². The van der Waals surface area contributed by atoms with Crippen molar-refractivity contribution in [3.63, 3.8) is 0 Å². The van der Waals surface area contributed by atoms with Gasteiger partial charge in [-0.15, -0.1) is 3.97 Å². The zero-order valence-electron chi connectivity index (χ0n) is 4.98. The minimum Gasteiger partial charge on any atom is -0.302 e. The molecule has 0 bridgehead atoms. The van der Waals surface area contributed by atoms with Crippen molar-refractivity contribution in [1.82, 2.24) is 0 Å². The quantitative estimate of drug-likeness (QED) is 0.357. The van der Waals surface area contributed by atoms with Crippen molar-refractivity contribution in [2.45, 2.75) is 0 Å². The molecular formula is H3La2O7PS. The average Bonchev–Trinajstić information content (AvgIpc) is 1.14. The molecule has 0 aliphatic carbocycles. The summed E-state index contributed by atoms with van der Waals surface area (Å²) >= 11 is 0. The van der Waals surface area contributed by atoms with Gasteiger partial charge >= 0.3 is 18.2 Å². The van der Waals surface area contributed by atoms with Gasteiger partial charge < -0.3 is 9.79 Å². The van der Waals surface area contributed by atoms with Crippen LogP contribution in [0.15, 0.2) is 0 Å². The van der Waals surface area contributed by atoms with Crippen molar-refractivity contribution in [1.29, 1.82) is 0 Å². The van der Waals surface area contributed by atoms with E-state index < -0.39 is 18.2 Å². The molecule has 0 saturated heterocycles. The summed E-state index contributed by atoms with van der Waals surface area (Å²) in [7, 11) is -10.2. The van der Waals surface area contributed by atoms with Crippen LogP contribution in [0, 0.1) is 71.2 Å². The molecule has 11 heteroatoms. The second-order valence-electron chi connectivity index (χ2n) is 0.993. The van der Waals surface area contributed by atoms with Crippen LogP contribution in [0.25, 0.3) is 0 Å². The Morgan fingerprint density at radius 1 is 1.18 bits per heavy atom. The van der Waals surface area contributed by atoms with Crippen molar-refractivity contribution in [2.24, 2.45) is 0 Å². The molecule has 0 saturated carbocycles. The third kappa shape index (κ3) is 19.0. The Balaban J connectivity index is -0.000000320. The van der Waals surface area contributed by atoms with E-state index >= 15 is 0 Å². The van der Waals surface area contributed by atoms with Gasteiger partial charge in [0.1, 0.15) is 0 Å². The third-order valence-electron chi connectivity index (χ3n) is 0.191. The van der Waals surface area contributed by atoms with Gasteiger partial charge in [0, 0.05) is 71.2 Å². The number of rotatable bonds is 2. The van der Waals surface area contributed by atoms with Crippen LogP contribution in [0.1, 0.15) is 0 Å². The number of phosphoric acid groups is 1. The normalized spacial score (nSPS) is 11.2. The molecule has 0 aliphatic rings. The van der Waals surface area contributed by atoms with E-state index in [4.69, 9.17) is 14.3 Å². The second-order valence-corrected chi connectivity index (χ2v) is 3.43. The van der Waals surface area contributed by atoms with E-state index in [1.54, 1.807) is 0 Å². The van der Waals surface area contributed by atoms with Crippen LogP contribution in [0.4, 0.5) is 0 Å². The van der Waals surface area contributed by atoms with Crippen molar-refractivity contribution in [3.8, 4) is 0 Å². The van der Waals surface area contributed by atoms with E-state index in [1.807, 2.05) is 0 Å². The third-order valence-corrected chi connectivity index (χ3v) is 1.72. The summed E-state index contributed by atoms with van der Waals surface area (Å²) in [5.74, 6) is 0. The van der Waals surface area contributed by atoms with Crippen LogP contribution in [0.3, 0.4) is 0 Å². The Morgan fingerprint density at radius 3 is 1.45 bits per heavy atom. The van der Waals surface area contributed by atoms with Gasteiger partial charge in [0.15, 0.2) is 0 Å². The fourth-order valence-corrected chi connectivity index (χ4v) is 1.10. The van der Waals surface area contributed by atoms with E-state index in [0.717, 1.165) is 0 Å². The molecule has 0 heterocycles. The Hall–Kier alpha value is 2.41. The molecule has 0 aromatic carbocycles. The van der Waals surface area contributed by atoms with Gasteiger partial charge in [0.2, 0.25) is 0 Å². The predicted octanol–water partition coefficient (Wildman–Crippen LogP) is -1.10. The van der Waals surface area contributed by atoms with Crippen LogP contribution in [-0.4, -0.2) is 22.8 Å². The molecular weight excluding hydrogens is 453 g/mol.